The van der Waals surface area contributed by atoms with Crippen molar-refractivity contribution in [1.29, 1.82) is 0 Å². The zero-order valence-electron chi connectivity index (χ0n) is 7.99. The third-order valence-corrected chi connectivity index (χ3v) is 2.18. The summed E-state index contributed by atoms with van der Waals surface area (Å²) in [5.74, 6) is 0.754. The van der Waals surface area contributed by atoms with Gasteiger partial charge in [-0.15, -0.1) is 0 Å². The van der Waals surface area contributed by atoms with Crippen molar-refractivity contribution in [2.75, 3.05) is 6.61 Å². The van der Waals surface area contributed by atoms with Crippen molar-refractivity contribution < 1.29 is 14.7 Å². The smallest absolute Gasteiger partial charge is 0.402 e. The Morgan fingerprint density at radius 3 is 2.25 bits per heavy atom. The monoisotopic (exact) mass is 174 g/mol. The maximum absolute atomic E-state index is 8.37. The average Bonchev–Trinajstić information content (AvgIpc) is 2.04. The van der Waals surface area contributed by atoms with E-state index in [4.69, 9.17) is 10.0 Å². The van der Waals surface area contributed by atoms with Crippen LogP contribution in [0.2, 0.25) is 0 Å². The van der Waals surface area contributed by atoms with Gasteiger partial charge in [0.25, 0.3) is 0 Å². The van der Waals surface area contributed by atoms with Crippen LogP contribution in [0.15, 0.2) is 0 Å². The van der Waals surface area contributed by atoms with Gasteiger partial charge in [0.1, 0.15) is 0 Å². The summed E-state index contributed by atoms with van der Waals surface area (Å²) < 4.78 is 4.59. The molecule has 4 heteroatoms. The molecule has 0 unspecified atom stereocenters. The Bertz CT molecular complexity index is 94.3. The second kappa shape index (κ2) is 7.59. The highest BCUT2D eigenvalue weighted by molar-refractivity contribution is 6.32. The summed E-state index contributed by atoms with van der Waals surface area (Å²) in [5, 5.41) is 16.7. The standard InChI is InChI=1S/C8H19BO3/c1-3-8(4-2)6-5-7-12-9(10)11/h8,10-11H,3-7H2,1-2H3. The van der Waals surface area contributed by atoms with Gasteiger partial charge in [0, 0.05) is 6.61 Å². The molecule has 0 rings (SSSR count). The van der Waals surface area contributed by atoms with Crippen molar-refractivity contribution in [2.45, 2.75) is 39.5 Å². The summed E-state index contributed by atoms with van der Waals surface area (Å²) in [6.07, 6.45) is 4.40. The first-order valence-corrected chi connectivity index (χ1v) is 4.68. The fraction of sp³-hybridized carbons (Fsp3) is 1.00. The van der Waals surface area contributed by atoms with E-state index in [0.717, 1.165) is 18.8 Å². The Morgan fingerprint density at radius 2 is 1.83 bits per heavy atom. The molecule has 0 saturated heterocycles. The van der Waals surface area contributed by atoms with Gasteiger partial charge >= 0.3 is 7.32 Å². The molecule has 3 nitrogen and oxygen atoms in total. The minimum absolute atomic E-state index is 0.439. The minimum atomic E-state index is -1.60. The van der Waals surface area contributed by atoms with Crippen molar-refractivity contribution in [3.05, 3.63) is 0 Å². The molecule has 12 heavy (non-hydrogen) atoms. The van der Waals surface area contributed by atoms with Gasteiger partial charge in [0.15, 0.2) is 0 Å². The van der Waals surface area contributed by atoms with Gasteiger partial charge in [-0.1, -0.05) is 26.7 Å². The van der Waals surface area contributed by atoms with Crippen LogP contribution in [-0.2, 0) is 4.65 Å². The summed E-state index contributed by atoms with van der Waals surface area (Å²) in [6, 6.07) is 0. The third kappa shape index (κ3) is 6.64. The predicted molar refractivity (Wildman–Crippen MR) is 49.4 cm³/mol. The first-order valence-electron chi connectivity index (χ1n) is 4.68. The Hall–Kier alpha value is -0.0551. The first kappa shape index (κ1) is 11.9. The van der Waals surface area contributed by atoms with Crippen LogP contribution in [0.4, 0.5) is 0 Å². The normalized spacial score (nSPS) is 10.8. The quantitative estimate of drug-likeness (QED) is 0.450. The zero-order chi connectivity index (χ0) is 9.40. The molecule has 0 saturated carbocycles. The van der Waals surface area contributed by atoms with Crippen LogP contribution in [0.25, 0.3) is 0 Å². The highest BCUT2D eigenvalue weighted by Crippen LogP contribution is 2.14. The third-order valence-electron chi connectivity index (χ3n) is 2.18. The lowest BCUT2D eigenvalue weighted by Crippen LogP contribution is -2.17. The average molecular weight is 174 g/mol. The molecule has 0 amide bonds. The van der Waals surface area contributed by atoms with Crippen molar-refractivity contribution in [2.24, 2.45) is 5.92 Å². The molecule has 2 N–H and O–H groups in total. The number of hydrogen-bond donors (Lipinski definition) is 2. The van der Waals surface area contributed by atoms with E-state index in [1.807, 2.05) is 0 Å². The second-order valence-electron chi connectivity index (χ2n) is 3.02. The van der Waals surface area contributed by atoms with Gasteiger partial charge in [-0.2, -0.15) is 0 Å². The van der Waals surface area contributed by atoms with Crippen LogP contribution in [0, 0.1) is 5.92 Å². The van der Waals surface area contributed by atoms with Crippen molar-refractivity contribution in [3.8, 4) is 0 Å². The molecular weight excluding hydrogens is 155 g/mol. The summed E-state index contributed by atoms with van der Waals surface area (Å²) in [6.45, 7) is 4.79. The Kier molecular flexibility index (Phi) is 7.55. The molecule has 0 aliphatic carbocycles. The molecule has 0 aromatic rings. The van der Waals surface area contributed by atoms with E-state index in [9.17, 15) is 0 Å². The Morgan fingerprint density at radius 1 is 1.25 bits per heavy atom. The molecule has 0 bridgehead atoms. The van der Waals surface area contributed by atoms with E-state index in [1.54, 1.807) is 0 Å². The topological polar surface area (TPSA) is 49.7 Å². The van der Waals surface area contributed by atoms with Gasteiger partial charge < -0.3 is 14.7 Å². The van der Waals surface area contributed by atoms with E-state index >= 15 is 0 Å². The fourth-order valence-corrected chi connectivity index (χ4v) is 1.26. The largest absolute Gasteiger partial charge is 0.633 e. The van der Waals surface area contributed by atoms with Gasteiger partial charge in [-0.3, -0.25) is 0 Å². The highest BCUT2D eigenvalue weighted by atomic mass is 16.6. The van der Waals surface area contributed by atoms with E-state index in [0.29, 0.717) is 6.61 Å². The lowest BCUT2D eigenvalue weighted by Gasteiger charge is -2.11. The summed E-state index contributed by atoms with van der Waals surface area (Å²) >= 11 is 0. The first-order chi connectivity index (χ1) is 5.70. The van der Waals surface area contributed by atoms with Gasteiger partial charge in [-0.25, -0.2) is 0 Å². The van der Waals surface area contributed by atoms with Gasteiger partial charge in [-0.05, 0) is 18.8 Å². The van der Waals surface area contributed by atoms with Crippen LogP contribution in [0.5, 0.6) is 0 Å². The number of hydrogen-bond acceptors (Lipinski definition) is 3. The highest BCUT2D eigenvalue weighted by Gasteiger charge is 2.08. The van der Waals surface area contributed by atoms with E-state index in [-0.39, 0.29) is 0 Å². The predicted octanol–water partition coefficient (Wildman–Crippen LogP) is 1.19. The molecule has 0 aliphatic heterocycles. The van der Waals surface area contributed by atoms with Gasteiger partial charge in [0.05, 0.1) is 0 Å². The molecular formula is C8H19BO3. The second-order valence-corrected chi connectivity index (χ2v) is 3.02. The lowest BCUT2D eigenvalue weighted by atomic mass is 9.98. The molecule has 0 atom stereocenters. The molecule has 0 heterocycles. The van der Waals surface area contributed by atoms with E-state index in [2.05, 4.69) is 18.5 Å². The van der Waals surface area contributed by atoms with E-state index in [1.165, 1.54) is 12.8 Å². The lowest BCUT2D eigenvalue weighted by molar-refractivity contribution is 0.178. The Labute approximate surface area is 74.9 Å². The molecule has 0 spiro atoms. The number of rotatable bonds is 7. The van der Waals surface area contributed by atoms with Crippen molar-refractivity contribution in [3.63, 3.8) is 0 Å². The molecule has 72 valence electrons. The summed E-state index contributed by atoms with van der Waals surface area (Å²) in [4.78, 5) is 0. The maximum Gasteiger partial charge on any atom is 0.633 e. The van der Waals surface area contributed by atoms with Crippen LogP contribution >= 0.6 is 0 Å². The van der Waals surface area contributed by atoms with Crippen LogP contribution in [0.1, 0.15) is 39.5 Å². The van der Waals surface area contributed by atoms with Crippen molar-refractivity contribution >= 4 is 7.32 Å². The molecule has 0 aromatic heterocycles. The molecule has 0 radical (unpaired) electrons. The SMILES string of the molecule is CCC(CC)CCCOB(O)O. The van der Waals surface area contributed by atoms with Crippen LogP contribution in [0.3, 0.4) is 0 Å². The molecule has 0 aliphatic rings. The minimum Gasteiger partial charge on any atom is -0.402 e. The fourth-order valence-electron chi connectivity index (χ4n) is 1.26. The molecule has 0 fully saturated rings. The van der Waals surface area contributed by atoms with Crippen LogP contribution < -0.4 is 0 Å². The molecule has 0 aromatic carbocycles. The summed E-state index contributed by atoms with van der Waals surface area (Å²) in [5.41, 5.74) is 0. The summed E-state index contributed by atoms with van der Waals surface area (Å²) in [7, 11) is -1.60. The maximum atomic E-state index is 8.37. The van der Waals surface area contributed by atoms with Crippen molar-refractivity contribution in [1.82, 2.24) is 0 Å². The Balaban J connectivity index is 3.17. The zero-order valence-corrected chi connectivity index (χ0v) is 7.99. The van der Waals surface area contributed by atoms with Gasteiger partial charge in [0.2, 0.25) is 0 Å². The van der Waals surface area contributed by atoms with Crippen LogP contribution in [-0.4, -0.2) is 24.0 Å². The van der Waals surface area contributed by atoms with E-state index < -0.39 is 7.32 Å².